The van der Waals surface area contributed by atoms with E-state index in [9.17, 15) is 0 Å². The average Bonchev–Trinajstić information content (AvgIpc) is 2.59. The number of allylic oxidation sites excluding steroid dienone is 1. The highest BCUT2D eigenvalue weighted by molar-refractivity contribution is 8.23. The van der Waals surface area contributed by atoms with Gasteiger partial charge in [0.25, 0.3) is 0 Å². The van der Waals surface area contributed by atoms with Crippen LogP contribution >= 0.6 is 6.04 Å². The minimum absolute atomic E-state index is 1.04. The van der Waals surface area contributed by atoms with Crippen LogP contribution in [-0.2, 0) is 11.8 Å². The van der Waals surface area contributed by atoms with Gasteiger partial charge in [-0.05, 0) is 28.8 Å². The van der Waals surface area contributed by atoms with Crippen molar-refractivity contribution in [2.75, 3.05) is 0 Å². The summed E-state index contributed by atoms with van der Waals surface area (Å²) in [5.74, 6) is 0. The van der Waals surface area contributed by atoms with Crippen molar-refractivity contribution in [3.05, 3.63) is 72.6 Å². The molecule has 0 aliphatic heterocycles. The molecular formula is C20H25PS. The van der Waals surface area contributed by atoms with Crippen LogP contribution in [0.2, 0.25) is 0 Å². The van der Waals surface area contributed by atoms with Crippen LogP contribution in [0.15, 0.2) is 72.6 Å². The lowest BCUT2D eigenvalue weighted by molar-refractivity contribution is 0.672. The maximum absolute atomic E-state index is 6.25. The molecule has 0 aliphatic carbocycles. The lowest BCUT2D eigenvalue weighted by Crippen LogP contribution is -2.16. The molecule has 0 atom stereocenters. The maximum Gasteiger partial charge on any atom is 0.0335 e. The lowest BCUT2D eigenvalue weighted by atomic mass is 10.1. The van der Waals surface area contributed by atoms with Crippen LogP contribution in [0.5, 0.6) is 0 Å². The molecule has 0 bridgehead atoms. The third kappa shape index (κ3) is 3.97. The summed E-state index contributed by atoms with van der Waals surface area (Å²) in [6, 6.07) is 19.2. The second kappa shape index (κ2) is 8.46. The van der Waals surface area contributed by atoms with E-state index in [1.54, 1.807) is 0 Å². The summed E-state index contributed by atoms with van der Waals surface area (Å²) in [6.07, 6.45) is 6.07. The molecule has 0 heterocycles. The zero-order valence-electron chi connectivity index (χ0n) is 13.4. The highest BCUT2D eigenvalue weighted by Crippen LogP contribution is 2.53. The van der Waals surface area contributed by atoms with Crippen molar-refractivity contribution in [3.63, 3.8) is 0 Å². The largest absolute Gasteiger partial charge is 0.0940 e. The Labute approximate surface area is 140 Å². The van der Waals surface area contributed by atoms with Gasteiger partial charge in [-0.3, -0.25) is 0 Å². The second-order valence-electron chi connectivity index (χ2n) is 5.66. The van der Waals surface area contributed by atoms with Crippen molar-refractivity contribution in [1.82, 2.24) is 0 Å². The Morgan fingerprint density at radius 3 is 1.82 bits per heavy atom. The monoisotopic (exact) mass is 328 g/mol. The van der Waals surface area contributed by atoms with Crippen molar-refractivity contribution in [3.8, 4) is 0 Å². The third-order valence-electron chi connectivity index (χ3n) is 4.00. The Balaban J connectivity index is 2.31. The molecular weight excluding hydrogens is 303 g/mol. The minimum Gasteiger partial charge on any atom is -0.0940 e. The average molecular weight is 328 g/mol. The van der Waals surface area contributed by atoms with E-state index >= 15 is 0 Å². The van der Waals surface area contributed by atoms with Gasteiger partial charge in [-0.2, -0.15) is 0 Å². The maximum atomic E-state index is 6.25. The normalized spacial score (nSPS) is 11.3. The number of benzene rings is 2. The molecule has 0 radical (unpaired) electrons. The van der Waals surface area contributed by atoms with E-state index in [1.165, 1.54) is 41.6 Å². The highest BCUT2D eigenvalue weighted by Gasteiger charge is 2.24. The lowest BCUT2D eigenvalue weighted by Gasteiger charge is -2.26. The molecule has 2 aromatic rings. The Morgan fingerprint density at radius 1 is 0.864 bits per heavy atom. The molecule has 22 heavy (non-hydrogen) atoms. The zero-order valence-corrected chi connectivity index (χ0v) is 15.1. The minimum atomic E-state index is -1.92. The molecule has 0 nitrogen and oxygen atoms in total. The number of rotatable bonds is 8. The smallest absolute Gasteiger partial charge is 0.0335 e. The number of hydrogen-bond donors (Lipinski definition) is 0. The highest BCUT2D eigenvalue weighted by atomic mass is 32.4. The molecule has 0 aliphatic rings. The van der Waals surface area contributed by atoms with Crippen LogP contribution < -0.4 is 10.6 Å². The predicted octanol–water partition coefficient (Wildman–Crippen LogP) is 5.60. The molecule has 0 N–H and O–H groups in total. The fourth-order valence-electron chi connectivity index (χ4n) is 2.70. The molecule has 116 valence electrons. The van der Waals surface area contributed by atoms with E-state index < -0.39 is 6.04 Å². The molecule has 0 aromatic heterocycles. The molecule has 0 spiro atoms. The van der Waals surface area contributed by atoms with E-state index in [1.807, 2.05) is 0 Å². The van der Waals surface area contributed by atoms with Crippen LogP contribution in [0.4, 0.5) is 0 Å². The van der Waals surface area contributed by atoms with Gasteiger partial charge < -0.3 is 0 Å². The second-order valence-corrected chi connectivity index (χ2v) is 10.2. The van der Waals surface area contributed by atoms with Crippen molar-refractivity contribution in [2.24, 2.45) is 0 Å². The Kier molecular flexibility index (Phi) is 6.61. The van der Waals surface area contributed by atoms with E-state index in [-0.39, 0.29) is 0 Å². The summed E-state index contributed by atoms with van der Waals surface area (Å²) in [6.45, 7) is 6.67. The van der Waals surface area contributed by atoms with Gasteiger partial charge in [-0.15, -0.1) is 0 Å². The first-order valence-electron chi connectivity index (χ1n) is 8.09. The molecule has 0 unspecified atom stereocenters. The Hall–Kier alpha value is -1.17. The number of unbranched alkanes of at least 4 members (excludes halogenated alkanes) is 3. The number of hydrogen-bond acceptors (Lipinski definition) is 1. The van der Waals surface area contributed by atoms with Gasteiger partial charge >= 0.3 is 0 Å². The van der Waals surface area contributed by atoms with Crippen molar-refractivity contribution in [1.29, 1.82) is 0 Å². The summed E-state index contributed by atoms with van der Waals surface area (Å²) in [4.78, 5) is 0. The van der Waals surface area contributed by atoms with E-state index in [0.29, 0.717) is 0 Å². The summed E-state index contributed by atoms with van der Waals surface area (Å²) in [7, 11) is 0. The fraction of sp³-hybridized carbons (Fsp3) is 0.300. The molecule has 0 saturated carbocycles. The first-order valence-corrected chi connectivity index (χ1v) is 10.9. The van der Waals surface area contributed by atoms with Crippen LogP contribution in [-0.4, -0.2) is 0 Å². The molecule has 2 rings (SSSR count). The van der Waals surface area contributed by atoms with Gasteiger partial charge in [0, 0.05) is 6.04 Å². The van der Waals surface area contributed by atoms with Gasteiger partial charge in [-0.1, -0.05) is 105 Å². The SMILES string of the molecule is C=C(CCCCCC)P(=S)(c1ccccc1)c1ccccc1. The first-order chi connectivity index (χ1) is 10.7. The van der Waals surface area contributed by atoms with Gasteiger partial charge in [0.15, 0.2) is 0 Å². The summed E-state index contributed by atoms with van der Waals surface area (Å²) >= 11 is 6.25. The third-order valence-corrected chi connectivity index (χ3v) is 9.21. The zero-order chi connectivity index (χ0) is 15.8. The molecule has 2 heteroatoms. The quantitative estimate of drug-likeness (QED) is 0.449. The standard InChI is InChI=1S/C20H25PS/c1-3-4-5-8-13-18(2)21(22,19-14-9-6-10-15-19)20-16-11-7-12-17-20/h6-7,9-12,14-17H,2-5,8,13H2,1H3. The van der Waals surface area contributed by atoms with Crippen LogP contribution in [0.1, 0.15) is 39.0 Å². The van der Waals surface area contributed by atoms with Crippen molar-refractivity contribution < 1.29 is 0 Å². The first kappa shape index (κ1) is 17.2. The van der Waals surface area contributed by atoms with Crippen LogP contribution in [0, 0.1) is 0 Å². The predicted molar refractivity (Wildman–Crippen MR) is 104 cm³/mol. The van der Waals surface area contributed by atoms with Gasteiger partial charge in [0.05, 0.1) is 0 Å². The molecule has 2 aromatic carbocycles. The summed E-state index contributed by atoms with van der Waals surface area (Å²) in [5.41, 5.74) is 0. The van der Waals surface area contributed by atoms with Crippen molar-refractivity contribution >= 4 is 28.5 Å². The Morgan fingerprint density at radius 2 is 1.36 bits per heavy atom. The van der Waals surface area contributed by atoms with Gasteiger partial charge in [0.1, 0.15) is 0 Å². The van der Waals surface area contributed by atoms with E-state index in [2.05, 4.69) is 74.2 Å². The topological polar surface area (TPSA) is 0 Å². The van der Waals surface area contributed by atoms with E-state index in [0.717, 1.165) is 6.42 Å². The fourth-order valence-corrected chi connectivity index (χ4v) is 6.39. The van der Waals surface area contributed by atoms with Crippen LogP contribution in [0.3, 0.4) is 0 Å². The van der Waals surface area contributed by atoms with Gasteiger partial charge in [0.2, 0.25) is 0 Å². The van der Waals surface area contributed by atoms with E-state index in [4.69, 9.17) is 11.8 Å². The Bertz CT molecular complexity index is 588. The molecule has 0 fully saturated rings. The molecule has 0 amide bonds. The van der Waals surface area contributed by atoms with Gasteiger partial charge in [-0.25, -0.2) is 0 Å². The summed E-state index contributed by atoms with van der Waals surface area (Å²) < 4.78 is 0. The molecule has 0 saturated heterocycles. The summed E-state index contributed by atoms with van der Waals surface area (Å²) in [5, 5.41) is 3.77. The van der Waals surface area contributed by atoms with Crippen LogP contribution in [0.25, 0.3) is 0 Å². The van der Waals surface area contributed by atoms with Crippen molar-refractivity contribution in [2.45, 2.75) is 39.0 Å².